The van der Waals surface area contributed by atoms with Crippen molar-refractivity contribution in [1.82, 2.24) is 4.72 Å². The second kappa shape index (κ2) is 7.29. The second-order valence-corrected chi connectivity index (χ2v) is 7.69. The minimum absolute atomic E-state index is 0.0476. The van der Waals surface area contributed by atoms with Gasteiger partial charge in [-0.2, -0.15) is 0 Å². The van der Waals surface area contributed by atoms with Crippen LogP contribution in [0.25, 0.3) is 0 Å². The Morgan fingerprint density at radius 1 is 1.08 bits per heavy atom. The monoisotopic (exact) mass is 403 g/mol. The highest BCUT2D eigenvalue weighted by atomic mass is 35.5. The molecule has 0 unspecified atom stereocenters. The van der Waals surface area contributed by atoms with E-state index in [4.69, 9.17) is 37.4 Å². The van der Waals surface area contributed by atoms with Crippen LogP contribution < -0.4 is 18.9 Å². The number of methoxy groups -OCH3 is 1. The lowest BCUT2D eigenvalue weighted by molar-refractivity contribution is 0.171. The number of halogens is 2. The van der Waals surface area contributed by atoms with E-state index < -0.39 is 10.0 Å². The van der Waals surface area contributed by atoms with E-state index in [-0.39, 0.29) is 21.5 Å². The Hall–Kier alpha value is -1.67. The standard InChI is InChI=1S/C16H15Cl2NO5S/c1-22-12-4-5-14(16(18)15(12)17)25(20,21)19-9-10-2-3-11-13(8-10)24-7-6-23-11/h2-5,8,19H,6-7,9H2,1H3. The Morgan fingerprint density at radius 2 is 1.80 bits per heavy atom. The Balaban J connectivity index is 1.79. The van der Waals surface area contributed by atoms with Crippen molar-refractivity contribution in [3.63, 3.8) is 0 Å². The van der Waals surface area contributed by atoms with E-state index in [0.717, 1.165) is 5.56 Å². The van der Waals surface area contributed by atoms with Crippen molar-refractivity contribution in [2.24, 2.45) is 0 Å². The normalized spacial score (nSPS) is 13.6. The van der Waals surface area contributed by atoms with Crippen molar-refractivity contribution in [2.75, 3.05) is 20.3 Å². The molecule has 9 heteroatoms. The number of hydrogen-bond donors (Lipinski definition) is 1. The highest BCUT2D eigenvalue weighted by Gasteiger charge is 2.22. The zero-order valence-corrected chi connectivity index (χ0v) is 15.5. The van der Waals surface area contributed by atoms with Gasteiger partial charge in [0.25, 0.3) is 0 Å². The first-order chi connectivity index (χ1) is 11.9. The molecule has 3 rings (SSSR count). The first kappa shape index (κ1) is 18.1. The zero-order chi connectivity index (χ0) is 18.0. The van der Waals surface area contributed by atoms with Gasteiger partial charge in [0.05, 0.1) is 12.1 Å². The molecule has 2 aromatic rings. The number of fused-ring (bicyclic) bond motifs is 1. The SMILES string of the molecule is COc1ccc(S(=O)(=O)NCc2ccc3c(c2)OCCO3)c(Cl)c1Cl. The van der Waals surface area contributed by atoms with Gasteiger partial charge >= 0.3 is 0 Å². The fourth-order valence-electron chi connectivity index (χ4n) is 2.33. The fourth-order valence-corrected chi connectivity index (χ4v) is 4.19. The van der Waals surface area contributed by atoms with Crippen molar-refractivity contribution < 1.29 is 22.6 Å². The van der Waals surface area contributed by atoms with Gasteiger partial charge < -0.3 is 14.2 Å². The van der Waals surface area contributed by atoms with Crippen molar-refractivity contribution in [1.29, 1.82) is 0 Å². The number of hydrogen-bond acceptors (Lipinski definition) is 5. The Morgan fingerprint density at radius 3 is 2.52 bits per heavy atom. The summed E-state index contributed by atoms with van der Waals surface area (Å²) in [7, 11) is -2.43. The molecule has 0 amide bonds. The summed E-state index contributed by atoms with van der Waals surface area (Å²) in [6.07, 6.45) is 0. The third-order valence-corrected chi connectivity index (χ3v) is 6.01. The van der Waals surface area contributed by atoms with Crippen LogP contribution in [0.1, 0.15) is 5.56 Å². The predicted octanol–water partition coefficient (Wildman–Crippen LogP) is 3.25. The van der Waals surface area contributed by atoms with E-state index in [1.165, 1.54) is 19.2 Å². The molecule has 0 bridgehead atoms. The zero-order valence-electron chi connectivity index (χ0n) is 13.2. The number of ether oxygens (including phenoxy) is 3. The summed E-state index contributed by atoms with van der Waals surface area (Å²) in [4.78, 5) is -0.113. The second-order valence-electron chi connectivity index (χ2n) is 5.20. The van der Waals surface area contributed by atoms with Crippen LogP contribution in [0, 0.1) is 0 Å². The van der Waals surface area contributed by atoms with E-state index in [9.17, 15) is 8.42 Å². The molecule has 0 aromatic heterocycles. The molecule has 1 aliphatic heterocycles. The van der Waals surface area contributed by atoms with Gasteiger partial charge in [-0.05, 0) is 29.8 Å². The fraction of sp³-hybridized carbons (Fsp3) is 0.250. The molecule has 2 aromatic carbocycles. The molecule has 6 nitrogen and oxygen atoms in total. The number of sulfonamides is 1. The first-order valence-corrected chi connectivity index (χ1v) is 9.56. The predicted molar refractivity (Wildman–Crippen MR) is 94.5 cm³/mol. The summed E-state index contributed by atoms with van der Waals surface area (Å²) < 4.78 is 43.5. The Labute approximate surface area is 155 Å². The van der Waals surface area contributed by atoms with Crippen molar-refractivity contribution in [3.05, 3.63) is 45.9 Å². The lowest BCUT2D eigenvalue weighted by atomic mass is 10.2. The largest absolute Gasteiger partial charge is 0.495 e. The van der Waals surface area contributed by atoms with Gasteiger partial charge in [0, 0.05) is 6.54 Å². The van der Waals surface area contributed by atoms with Gasteiger partial charge in [-0.15, -0.1) is 0 Å². The van der Waals surface area contributed by atoms with Crippen LogP contribution in [-0.4, -0.2) is 28.7 Å². The molecule has 1 N–H and O–H groups in total. The van der Waals surface area contributed by atoms with Crippen LogP contribution in [0.3, 0.4) is 0 Å². The minimum atomic E-state index is -3.85. The summed E-state index contributed by atoms with van der Waals surface area (Å²) >= 11 is 12.1. The molecule has 25 heavy (non-hydrogen) atoms. The lowest BCUT2D eigenvalue weighted by Gasteiger charge is -2.19. The molecule has 0 saturated carbocycles. The maximum atomic E-state index is 12.5. The maximum absolute atomic E-state index is 12.5. The summed E-state index contributed by atoms with van der Waals surface area (Å²) in [5.41, 5.74) is 0.726. The molecule has 0 aliphatic carbocycles. The molecule has 1 aliphatic rings. The van der Waals surface area contributed by atoms with Gasteiger partial charge in [0.2, 0.25) is 10.0 Å². The molecular formula is C16H15Cl2NO5S. The average molecular weight is 404 g/mol. The molecule has 134 valence electrons. The van der Waals surface area contributed by atoms with Gasteiger partial charge in [-0.25, -0.2) is 13.1 Å². The lowest BCUT2D eigenvalue weighted by Crippen LogP contribution is -2.24. The number of rotatable bonds is 5. The van der Waals surface area contributed by atoms with Crippen molar-refractivity contribution >= 4 is 33.2 Å². The summed E-state index contributed by atoms with van der Waals surface area (Å²) in [6, 6.07) is 8.04. The average Bonchev–Trinajstić information content (AvgIpc) is 2.62. The smallest absolute Gasteiger partial charge is 0.242 e. The maximum Gasteiger partial charge on any atom is 0.242 e. The van der Waals surface area contributed by atoms with Crippen LogP contribution in [0.5, 0.6) is 17.2 Å². The Bertz CT molecular complexity index is 902. The van der Waals surface area contributed by atoms with Crippen LogP contribution in [0.15, 0.2) is 35.2 Å². The van der Waals surface area contributed by atoms with E-state index in [2.05, 4.69) is 4.72 Å². The molecule has 0 fully saturated rings. The summed E-state index contributed by atoms with van der Waals surface area (Å²) in [5.74, 6) is 1.54. The first-order valence-electron chi connectivity index (χ1n) is 7.32. The van der Waals surface area contributed by atoms with Crippen LogP contribution >= 0.6 is 23.2 Å². The van der Waals surface area contributed by atoms with Crippen molar-refractivity contribution in [3.8, 4) is 17.2 Å². The topological polar surface area (TPSA) is 73.9 Å². The summed E-state index contributed by atoms with van der Waals surface area (Å²) in [6.45, 7) is 1.02. The van der Waals surface area contributed by atoms with Gasteiger partial charge in [-0.3, -0.25) is 0 Å². The minimum Gasteiger partial charge on any atom is -0.495 e. The van der Waals surface area contributed by atoms with Crippen LogP contribution in [0.4, 0.5) is 0 Å². The van der Waals surface area contributed by atoms with E-state index in [1.54, 1.807) is 18.2 Å². The molecule has 0 spiro atoms. The van der Waals surface area contributed by atoms with Gasteiger partial charge in [0.1, 0.15) is 28.9 Å². The van der Waals surface area contributed by atoms with Gasteiger partial charge in [0.15, 0.2) is 11.5 Å². The molecular weight excluding hydrogens is 389 g/mol. The highest BCUT2D eigenvalue weighted by molar-refractivity contribution is 7.89. The van der Waals surface area contributed by atoms with E-state index in [0.29, 0.717) is 30.5 Å². The van der Waals surface area contributed by atoms with E-state index in [1.807, 2.05) is 0 Å². The third kappa shape index (κ3) is 3.79. The van der Waals surface area contributed by atoms with Gasteiger partial charge in [-0.1, -0.05) is 29.3 Å². The molecule has 0 saturated heterocycles. The Kier molecular flexibility index (Phi) is 5.29. The summed E-state index contributed by atoms with van der Waals surface area (Å²) in [5, 5.41) is -0.0398. The number of nitrogens with one attached hydrogen (secondary N) is 1. The third-order valence-electron chi connectivity index (χ3n) is 3.59. The van der Waals surface area contributed by atoms with Crippen LogP contribution in [-0.2, 0) is 16.6 Å². The molecule has 0 atom stereocenters. The van der Waals surface area contributed by atoms with Crippen molar-refractivity contribution in [2.45, 2.75) is 11.4 Å². The number of benzene rings is 2. The van der Waals surface area contributed by atoms with Crippen LogP contribution in [0.2, 0.25) is 10.0 Å². The highest BCUT2D eigenvalue weighted by Crippen LogP contribution is 2.36. The quantitative estimate of drug-likeness (QED) is 0.828. The van der Waals surface area contributed by atoms with E-state index >= 15 is 0 Å². The molecule has 1 heterocycles. The molecule has 0 radical (unpaired) electrons.